The van der Waals surface area contributed by atoms with Crippen molar-refractivity contribution in [2.75, 3.05) is 26.3 Å². The van der Waals surface area contributed by atoms with Crippen molar-refractivity contribution in [3.63, 3.8) is 0 Å². The Morgan fingerprint density at radius 2 is 2.05 bits per heavy atom. The molecule has 5 nitrogen and oxygen atoms in total. The zero-order valence-electron chi connectivity index (χ0n) is 11.9. The third kappa shape index (κ3) is 4.44. The highest BCUT2D eigenvalue weighted by molar-refractivity contribution is 5.68. The maximum absolute atomic E-state index is 10.5. The van der Waals surface area contributed by atoms with Crippen LogP contribution in [-0.2, 0) is 14.3 Å². The van der Waals surface area contributed by atoms with Crippen LogP contribution in [0.4, 0.5) is 0 Å². The van der Waals surface area contributed by atoms with Crippen LogP contribution in [0.3, 0.4) is 0 Å². The Morgan fingerprint density at radius 1 is 1.37 bits per heavy atom. The number of carboxylic acids is 1. The second kappa shape index (κ2) is 6.20. The van der Waals surface area contributed by atoms with Crippen molar-refractivity contribution in [3.8, 4) is 0 Å². The van der Waals surface area contributed by atoms with Gasteiger partial charge in [0.2, 0.25) is 0 Å². The van der Waals surface area contributed by atoms with Gasteiger partial charge in [-0.05, 0) is 39.5 Å². The molecule has 0 aliphatic carbocycles. The molecule has 2 aliphatic rings. The lowest BCUT2D eigenvalue weighted by Crippen LogP contribution is -2.49. The van der Waals surface area contributed by atoms with E-state index in [-0.39, 0.29) is 18.3 Å². The molecular weight excluding hydrogens is 246 g/mol. The van der Waals surface area contributed by atoms with Crippen LogP contribution < -0.4 is 0 Å². The maximum Gasteiger partial charge on any atom is 0.329 e. The monoisotopic (exact) mass is 271 g/mol. The second-order valence-electron chi connectivity index (χ2n) is 6.19. The zero-order chi connectivity index (χ0) is 13.9. The molecule has 0 aromatic rings. The van der Waals surface area contributed by atoms with Crippen LogP contribution in [-0.4, -0.2) is 60.0 Å². The summed E-state index contributed by atoms with van der Waals surface area (Å²) in [6.07, 6.45) is 4.16. The van der Waals surface area contributed by atoms with Crippen LogP contribution in [0, 0.1) is 0 Å². The first-order valence-corrected chi connectivity index (χ1v) is 7.18. The third-order valence-electron chi connectivity index (χ3n) is 4.11. The Hall–Kier alpha value is -0.650. The van der Waals surface area contributed by atoms with Crippen molar-refractivity contribution in [2.24, 2.45) is 0 Å². The first-order chi connectivity index (χ1) is 8.96. The van der Waals surface area contributed by atoms with Crippen LogP contribution in [0.1, 0.15) is 39.5 Å². The Kier molecular flexibility index (Phi) is 4.81. The van der Waals surface area contributed by atoms with Gasteiger partial charge in [0.1, 0.15) is 6.61 Å². The second-order valence-corrected chi connectivity index (χ2v) is 6.19. The molecule has 0 aromatic carbocycles. The fourth-order valence-electron chi connectivity index (χ4n) is 3.11. The van der Waals surface area contributed by atoms with E-state index < -0.39 is 5.97 Å². The number of carbonyl (C=O) groups is 1. The molecule has 110 valence electrons. The summed E-state index contributed by atoms with van der Waals surface area (Å²) < 4.78 is 11.1. The molecule has 2 saturated heterocycles. The van der Waals surface area contributed by atoms with Crippen LogP contribution in [0.5, 0.6) is 0 Å². The molecule has 5 heteroatoms. The van der Waals surface area contributed by atoms with E-state index in [9.17, 15) is 4.79 Å². The number of piperidine rings is 1. The van der Waals surface area contributed by atoms with Gasteiger partial charge < -0.3 is 14.6 Å². The average Bonchev–Trinajstić information content (AvgIpc) is 2.36. The first kappa shape index (κ1) is 14.8. The molecule has 19 heavy (non-hydrogen) atoms. The Morgan fingerprint density at radius 3 is 2.63 bits per heavy atom. The van der Waals surface area contributed by atoms with Crippen LogP contribution in [0.2, 0.25) is 0 Å². The van der Waals surface area contributed by atoms with E-state index in [4.69, 9.17) is 14.6 Å². The molecule has 1 N–H and O–H groups in total. The minimum absolute atomic E-state index is 0.0143. The topological polar surface area (TPSA) is 59.0 Å². The summed E-state index contributed by atoms with van der Waals surface area (Å²) >= 11 is 0. The number of nitrogens with zero attached hydrogens (tertiary/aromatic N) is 1. The zero-order valence-corrected chi connectivity index (χ0v) is 11.9. The molecule has 0 aromatic heterocycles. The molecule has 0 amide bonds. The fourth-order valence-corrected chi connectivity index (χ4v) is 3.11. The molecule has 2 fully saturated rings. The standard InChI is InChI=1S/C14H25NO4/c1-14(2)9-11(5-8-19-14)15-6-3-12(4-7-15)18-10-13(16)17/h11-12H,3-10H2,1-2H3,(H,16,17). The molecule has 0 bridgehead atoms. The van der Waals surface area contributed by atoms with Crippen molar-refractivity contribution in [3.05, 3.63) is 0 Å². The Balaban J connectivity index is 1.75. The van der Waals surface area contributed by atoms with Gasteiger partial charge in [-0.15, -0.1) is 0 Å². The van der Waals surface area contributed by atoms with Crippen molar-refractivity contribution >= 4 is 5.97 Å². The van der Waals surface area contributed by atoms with Gasteiger partial charge in [-0.1, -0.05) is 0 Å². The van der Waals surface area contributed by atoms with Crippen molar-refractivity contribution < 1.29 is 19.4 Å². The van der Waals surface area contributed by atoms with Gasteiger partial charge in [0.25, 0.3) is 0 Å². The number of carboxylic acid groups (broad SMARTS) is 1. The average molecular weight is 271 g/mol. The lowest BCUT2D eigenvalue weighted by atomic mass is 9.91. The number of hydrogen-bond donors (Lipinski definition) is 1. The van der Waals surface area contributed by atoms with Crippen molar-refractivity contribution in [1.82, 2.24) is 4.90 Å². The highest BCUT2D eigenvalue weighted by Crippen LogP contribution is 2.29. The number of likely N-dealkylation sites (tertiary alicyclic amines) is 1. The summed E-state index contributed by atoms with van der Waals surface area (Å²) in [6, 6.07) is 0.601. The van der Waals surface area contributed by atoms with E-state index in [1.165, 1.54) is 0 Å². The van der Waals surface area contributed by atoms with E-state index in [0.29, 0.717) is 6.04 Å². The molecule has 2 rings (SSSR count). The predicted octanol–water partition coefficient (Wildman–Crippen LogP) is 1.51. The lowest BCUT2D eigenvalue weighted by Gasteiger charge is -2.43. The quantitative estimate of drug-likeness (QED) is 0.840. The normalized spacial score (nSPS) is 29.3. The van der Waals surface area contributed by atoms with E-state index in [0.717, 1.165) is 45.4 Å². The smallest absolute Gasteiger partial charge is 0.329 e. The number of aliphatic carboxylic acids is 1. The van der Waals surface area contributed by atoms with Crippen LogP contribution in [0.25, 0.3) is 0 Å². The van der Waals surface area contributed by atoms with Gasteiger partial charge in [-0.3, -0.25) is 4.90 Å². The van der Waals surface area contributed by atoms with Crippen LogP contribution in [0.15, 0.2) is 0 Å². The molecule has 1 unspecified atom stereocenters. The summed E-state index contributed by atoms with van der Waals surface area (Å²) in [5.74, 6) is -0.881. The SMILES string of the molecule is CC1(C)CC(N2CCC(OCC(=O)O)CC2)CCO1. The van der Waals surface area contributed by atoms with E-state index in [2.05, 4.69) is 18.7 Å². The van der Waals surface area contributed by atoms with Gasteiger partial charge in [0.15, 0.2) is 0 Å². The van der Waals surface area contributed by atoms with Gasteiger partial charge in [-0.25, -0.2) is 4.79 Å². The minimum atomic E-state index is -0.881. The van der Waals surface area contributed by atoms with E-state index in [1.54, 1.807) is 0 Å². The van der Waals surface area contributed by atoms with Gasteiger partial charge in [0.05, 0.1) is 11.7 Å². The van der Waals surface area contributed by atoms with Crippen molar-refractivity contribution in [2.45, 2.75) is 57.3 Å². The first-order valence-electron chi connectivity index (χ1n) is 7.18. The van der Waals surface area contributed by atoms with Gasteiger partial charge in [-0.2, -0.15) is 0 Å². The number of rotatable bonds is 4. The fraction of sp³-hybridized carbons (Fsp3) is 0.929. The van der Waals surface area contributed by atoms with E-state index in [1.807, 2.05) is 0 Å². The highest BCUT2D eigenvalue weighted by Gasteiger charge is 2.34. The molecule has 2 aliphatic heterocycles. The predicted molar refractivity (Wildman–Crippen MR) is 71.2 cm³/mol. The lowest BCUT2D eigenvalue weighted by molar-refractivity contribution is -0.146. The Labute approximate surface area is 114 Å². The summed E-state index contributed by atoms with van der Waals surface area (Å²) in [4.78, 5) is 13.0. The summed E-state index contributed by atoms with van der Waals surface area (Å²) in [5, 5.41) is 8.61. The third-order valence-corrected chi connectivity index (χ3v) is 4.11. The largest absolute Gasteiger partial charge is 0.480 e. The van der Waals surface area contributed by atoms with E-state index >= 15 is 0 Å². The number of ether oxygens (including phenoxy) is 2. The molecule has 0 radical (unpaired) electrons. The Bertz CT molecular complexity index is 311. The van der Waals surface area contributed by atoms with Crippen LogP contribution >= 0.6 is 0 Å². The minimum Gasteiger partial charge on any atom is -0.480 e. The summed E-state index contributed by atoms with van der Waals surface area (Å²) in [5.41, 5.74) is -0.0143. The molecule has 1 atom stereocenters. The molecule has 0 saturated carbocycles. The molecular formula is C14H25NO4. The van der Waals surface area contributed by atoms with Crippen molar-refractivity contribution in [1.29, 1.82) is 0 Å². The highest BCUT2D eigenvalue weighted by atomic mass is 16.5. The number of hydrogen-bond acceptors (Lipinski definition) is 4. The van der Waals surface area contributed by atoms with Gasteiger partial charge in [0, 0.05) is 25.7 Å². The summed E-state index contributed by atoms with van der Waals surface area (Å²) in [6.45, 7) is 6.99. The molecule has 2 heterocycles. The van der Waals surface area contributed by atoms with Gasteiger partial charge >= 0.3 is 5.97 Å². The summed E-state index contributed by atoms with van der Waals surface area (Å²) in [7, 11) is 0. The molecule has 0 spiro atoms. The maximum atomic E-state index is 10.5.